The SMILES string of the molecule is C=C1N(C)OCCCC1(C)N. The minimum Gasteiger partial charge on any atom is -0.320 e. The van der Waals surface area contributed by atoms with Gasteiger partial charge in [0.15, 0.2) is 0 Å². The van der Waals surface area contributed by atoms with Gasteiger partial charge >= 0.3 is 0 Å². The number of rotatable bonds is 0. The first-order chi connectivity index (χ1) is 5.04. The number of hydroxylamine groups is 2. The quantitative estimate of drug-likeness (QED) is 0.565. The normalized spacial score (nSPS) is 33.7. The molecule has 0 saturated carbocycles. The zero-order chi connectivity index (χ0) is 8.48. The average Bonchev–Trinajstić information content (AvgIpc) is 2.03. The van der Waals surface area contributed by atoms with Gasteiger partial charge in [0, 0.05) is 7.05 Å². The van der Waals surface area contributed by atoms with Crippen LogP contribution in [-0.4, -0.2) is 24.3 Å². The Bertz CT molecular complexity index is 165. The third-order valence-electron chi connectivity index (χ3n) is 2.16. The molecule has 0 aromatic rings. The van der Waals surface area contributed by atoms with E-state index in [0.717, 1.165) is 25.1 Å². The van der Waals surface area contributed by atoms with Gasteiger partial charge in [0.2, 0.25) is 0 Å². The number of nitrogens with two attached hydrogens (primary N) is 1. The molecule has 0 radical (unpaired) electrons. The van der Waals surface area contributed by atoms with Crippen molar-refractivity contribution in [2.75, 3.05) is 13.7 Å². The third kappa shape index (κ3) is 1.73. The van der Waals surface area contributed by atoms with Gasteiger partial charge in [-0.3, -0.25) is 9.90 Å². The van der Waals surface area contributed by atoms with Crippen LogP contribution in [0.2, 0.25) is 0 Å². The maximum absolute atomic E-state index is 5.99. The third-order valence-corrected chi connectivity index (χ3v) is 2.16. The summed E-state index contributed by atoms with van der Waals surface area (Å²) < 4.78 is 0. The molecule has 3 nitrogen and oxygen atoms in total. The zero-order valence-corrected chi connectivity index (χ0v) is 7.26. The summed E-state index contributed by atoms with van der Waals surface area (Å²) in [6, 6.07) is 0. The fourth-order valence-electron chi connectivity index (χ4n) is 1.22. The van der Waals surface area contributed by atoms with E-state index in [1.54, 1.807) is 5.06 Å². The van der Waals surface area contributed by atoms with Gasteiger partial charge in [0.1, 0.15) is 0 Å². The van der Waals surface area contributed by atoms with Crippen LogP contribution >= 0.6 is 0 Å². The Morgan fingerprint density at radius 1 is 1.73 bits per heavy atom. The molecule has 1 heterocycles. The molecule has 1 atom stereocenters. The molecule has 11 heavy (non-hydrogen) atoms. The molecular weight excluding hydrogens is 140 g/mol. The van der Waals surface area contributed by atoms with Crippen LogP contribution in [0.25, 0.3) is 0 Å². The van der Waals surface area contributed by atoms with Crippen molar-refractivity contribution in [3.63, 3.8) is 0 Å². The van der Waals surface area contributed by atoms with Crippen LogP contribution < -0.4 is 5.73 Å². The van der Waals surface area contributed by atoms with Crippen molar-refractivity contribution in [3.8, 4) is 0 Å². The number of hydrogen-bond donors (Lipinski definition) is 1. The first-order valence-corrected chi connectivity index (χ1v) is 3.89. The van der Waals surface area contributed by atoms with Crippen LogP contribution in [-0.2, 0) is 4.84 Å². The van der Waals surface area contributed by atoms with E-state index in [-0.39, 0.29) is 5.54 Å². The Morgan fingerprint density at radius 2 is 2.36 bits per heavy atom. The number of hydrogen-bond acceptors (Lipinski definition) is 3. The summed E-state index contributed by atoms with van der Waals surface area (Å²) in [5.41, 5.74) is 6.55. The fourth-order valence-corrected chi connectivity index (χ4v) is 1.22. The van der Waals surface area contributed by atoms with Crippen LogP contribution in [0, 0.1) is 0 Å². The van der Waals surface area contributed by atoms with Gasteiger partial charge in [0.05, 0.1) is 17.8 Å². The Kier molecular flexibility index (Phi) is 2.20. The van der Waals surface area contributed by atoms with Crippen LogP contribution in [0.3, 0.4) is 0 Å². The predicted octanol–water partition coefficient (Wildman–Crippen LogP) is 0.875. The van der Waals surface area contributed by atoms with Gasteiger partial charge in [0.25, 0.3) is 0 Å². The van der Waals surface area contributed by atoms with E-state index in [1.165, 1.54) is 0 Å². The molecule has 1 rings (SSSR count). The van der Waals surface area contributed by atoms with E-state index >= 15 is 0 Å². The Balaban J connectivity index is 2.73. The largest absolute Gasteiger partial charge is 0.320 e. The number of nitrogens with zero attached hydrogens (tertiary/aromatic N) is 1. The highest BCUT2D eigenvalue weighted by molar-refractivity contribution is 5.10. The molecule has 0 amide bonds. The van der Waals surface area contributed by atoms with E-state index < -0.39 is 0 Å². The summed E-state index contributed by atoms with van der Waals surface area (Å²) in [4.78, 5) is 5.30. The van der Waals surface area contributed by atoms with E-state index in [0.29, 0.717) is 0 Å². The summed E-state index contributed by atoms with van der Waals surface area (Å²) in [5.74, 6) is 0. The second kappa shape index (κ2) is 2.83. The molecule has 0 bridgehead atoms. The monoisotopic (exact) mass is 156 g/mol. The van der Waals surface area contributed by atoms with Gasteiger partial charge in [-0.1, -0.05) is 6.58 Å². The topological polar surface area (TPSA) is 38.5 Å². The Labute approximate surface area is 67.8 Å². The lowest BCUT2D eigenvalue weighted by Crippen LogP contribution is -2.41. The molecule has 2 N–H and O–H groups in total. The highest BCUT2D eigenvalue weighted by atomic mass is 16.7. The smallest absolute Gasteiger partial charge is 0.0749 e. The maximum Gasteiger partial charge on any atom is 0.0749 e. The molecule has 1 fully saturated rings. The fraction of sp³-hybridized carbons (Fsp3) is 0.750. The molecule has 0 aromatic carbocycles. The first-order valence-electron chi connectivity index (χ1n) is 3.89. The van der Waals surface area contributed by atoms with E-state index in [9.17, 15) is 0 Å². The summed E-state index contributed by atoms with van der Waals surface area (Å²) in [6.07, 6.45) is 1.94. The maximum atomic E-state index is 5.99. The molecule has 0 spiro atoms. The van der Waals surface area contributed by atoms with Crippen molar-refractivity contribution in [2.45, 2.75) is 25.3 Å². The highest BCUT2D eigenvalue weighted by Crippen LogP contribution is 2.23. The summed E-state index contributed by atoms with van der Waals surface area (Å²) >= 11 is 0. The van der Waals surface area contributed by atoms with E-state index in [4.69, 9.17) is 10.6 Å². The summed E-state index contributed by atoms with van der Waals surface area (Å²) in [5, 5.41) is 1.67. The highest BCUT2D eigenvalue weighted by Gasteiger charge is 2.27. The first kappa shape index (κ1) is 8.56. The Hall–Kier alpha value is -0.540. The molecule has 1 aliphatic heterocycles. The van der Waals surface area contributed by atoms with Crippen LogP contribution in [0.15, 0.2) is 12.3 Å². The minimum atomic E-state index is -0.300. The van der Waals surface area contributed by atoms with Crippen molar-refractivity contribution >= 4 is 0 Å². The van der Waals surface area contributed by atoms with Gasteiger partial charge in [-0.15, -0.1) is 0 Å². The van der Waals surface area contributed by atoms with E-state index in [2.05, 4.69) is 6.58 Å². The lowest BCUT2D eigenvalue weighted by Gasteiger charge is -2.29. The van der Waals surface area contributed by atoms with Gasteiger partial charge < -0.3 is 5.73 Å². The number of likely N-dealkylation sites (N-methyl/N-ethyl adjacent to an activating group) is 1. The lowest BCUT2D eigenvalue weighted by atomic mass is 9.94. The molecule has 1 saturated heterocycles. The van der Waals surface area contributed by atoms with Crippen LogP contribution in [0.1, 0.15) is 19.8 Å². The molecule has 3 heteroatoms. The molecule has 0 aromatic heterocycles. The minimum absolute atomic E-state index is 0.300. The van der Waals surface area contributed by atoms with Crippen LogP contribution in [0.5, 0.6) is 0 Å². The van der Waals surface area contributed by atoms with Crippen molar-refractivity contribution in [3.05, 3.63) is 12.3 Å². The molecule has 1 unspecified atom stereocenters. The standard InChI is InChI=1S/C8H16N2O/c1-7-8(2,9)5-4-6-11-10(7)3/h1,4-6,9H2,2-3H3. The van der Waals surface area contributed by atoms with Crippen molar-refractivity contribution in [2.24, 2.45) is 5.73 Å². The summed E-state index contributed by atoms with van der Waals surface area (Å²) in [6.45, 7) is 6.61. The zero-order valence-electron chi connectivity index (χ0n) is 7.26. The van der Waals surface area contributed by atoms with Crippen molar-refractivity contribution in [1.82, 2.24) is 5.06 Å². The molecule has 1 aliphatic rings. The second-order valence-electron chi connectivity index (χ2n) is 3.30. The van der Waals surface area contributed by atoms with E-state index in [1.807, 2.05) is 14.0 Å². The van der Waals surface area contributed by atoms with Crippen LogP contribution in [0.4, 0.5) is 0 Å². The lowest BCUT2D eigenvalue weighted by molar-refractivity contribution is -0.108. The molecule has 0 aliphatic carbocycles. The summed E-state index contributed by atoms with van der Waals surface area (Å²) in [7, 11) is 1.85. The van der Waals surface area contributed by atoms with Crippen molar-refractivity contribution < 1.29 is 4.84 Å². The molecule has 64 valence electrons. The van der Waals surface area contributed by atoms with Gasteiger partial charge in [-0.2, -0.15) is 0 Å². The predicted molar refractivity (Wildman–Crippen MR) is 44.7 cm³/mol. The van der Waals surface area contributed by atoms with Crippen molar-refractivity contribution in [1.29, 1.82) is 0 Å². The van der Waals surface area contributed by atoms with Gasteiger partial charge in [-0.05, 0) is 19.8 Å². The second-order valence-corrected chi connectivity index (χ2v) is 3.30. The van der Waals surface area contributed by atoms with Gasteiger partial charge in [-0.25, -0.2) is 0 Å². The Morgan fingerprint density at radius 3 is 3.00 bits per heavy atom. The molecular formula is C8H16N2O. The average molecular weight is 156 g/mol.